The number of nitrogen functional groups attached to an aromatic ring is 1. The van der Waals surface area contributed by atoms with E-state index in [0.29, 0.717) is 0 Å². The third-order valence-corrected chi connectivity index (χ3v) is 3.04. The van der Waals surface area contributed by atoms with E-state index in [1.165, 1.54) is 5.56 Å². The second-order valence-corrected chi connectivity index (χ2v) is 4.62. The second kappa shape index (κ2) is 4.53. The van der Waals surface area contributed by atoms with Crippen LogP contribution in [0.1, 0.15) is 12.5 Å². The molecule has 0 saturated carbocycles. The van der Waals surface area contributed by atoms with E-state index >= 15 is 0 Å². The van der Waals surface area contributed by atoms with E-state index in [4.69, 9.17) is 10.8 Å². The standard InChI is InChI=1S/C10H15NOS/c1-7-3-4-9(11)5-10(7)13-8(2)6-12/h3-5,8,12H,6,11H2,1-2H3. The molecule has 0 saturated heterocycles. The Morgan fingerprint density at radius 1 is 1.54 bits per heavy atom. The predicted molar refractivity (Wildman–Crippen MR) is 58.0 cm³/mol. The fraction of sp³-hybridized carbons (Fsp3) is 0.400. The Balaban J connectivity index is 2.81. The number of aliphatic hydroxyl groups is 1. The molecule has 0 spiro atoms. The molecule has 2 nitrogen and oxygen atoms in total. The van der Waals surface area contributed by atoms with Crippen molar-refractivity contribution in [1.82, 2.24) is 0 Å². The van der Waals surface area contributed by atoms with Crippen molar-refractivity contribution < 1.29 is 5.11 Å². The summed E-state index contributed by atoms with van der Waals surface area (Å²) in [6.07, 6.45) is 0. The van der Waals surface area contributed by atoms with E-state index in [0.717, 1.165) is 10.6 Å². The monoisotopic (exact) mass is 197 g/mol. The van der Waals surface area contributed by atoms with Gasteiger partial charge in [0.1, 0.15) is 0 Å². The van der Waals surface area contributed by atoms with Crippen molar-refractivity contribution in [2.45, 2.75) is 24.0 Å². The van der Waals surface area contributed by atoms with Crippen LogP contribution in [0.5, 0.6) is 0 Å². The smallest absolute Gasteiger partial charge is 0.0550 e. The van der Waals surface area contributed by atoms with Crippen molar-refractivity contribution in [1.29, 1.82) is 0 Å². The summed E-state index contributed by atoms with van der Waals surface area (Å²) in [6.45, 7) is 4.23. The van der Waals surface area contributed by atoms with Gasteiger partial charge in [-0.05, 0) is 24.6 Å². The molecule has 0 fully saturated rings. The van der Waals surface area contributed by atoms with E-state index in [9.17, 15) is 0 Å². The maximum Gasteiger partial charge on any atom is 0.0550 e. The van der Waals surface area contributed by atoms with Gasteiger partial charge in [-0.2, -0.15) is 0 Å². The minimum absolute atomic E-state index is 0.193. The number of benzene rings is 1. The molecule has 72 valence electrons. The molecule has 1 rings (SSSR count). The Labute approximate surface area is 83.1 Å². The lowest BCUT2D eigenvalue weighted by Gasteiger charge is -2.10. The minimum atomic E-state index is 0.193. The van der Waals surface area contributed by atoms with Gasteiger partial charge >= 0.3 is 0 Å². The Bertz CT molecular complexity index is 288. The molecule has 0 aliphatic rings. The molecule has 1 aromatic rings. The van der Waals surface area contributed by atoms with E-state index in [2.05, 4.69) is 0 Å². The third kappa shape index (κ3) is 2.94. The van der Waals surface area contributed by atoms with Crippen LogP contribution < -0.4 is 5.73 Å². The van der Waals surface area contributed by atoms with Gasteiger partial charge in [-0.15, -0.1) is 11.8 Å². The predicted octanol–water partition coefficient (Wildman–Crippen LogP) is 2.05. The largest absolute Gasteiger partial charge is 0.399 e. The topological polar surface area (TPSA) is 46.2 Å². The second-order valence-electron chi connectivity index (χ2n) is 3.14. The average molecular weight is 197 g/mol. The van der Waals surface area contributed by atoms with Crippen LogP contribution in [-0.4, -0.2) is 17.0 Å². The van der Waals surface area contributed by atoms with Crippen molar-refractivity contribution in [3.8, 4) is 0 Å². The van der Waals surface area contributed by atoms with Crippen molar-refractivity contribution >= 4 is 17.4 Å². The first-order chi connectivity index (χ1) is 6.13. The van der Waals surface area contributed by atoms with E-state index in [1.54, 1.807) is 11.8 Å². The Morgan fingerprint density at radius 2 is 2.23 bits per heavy atom. The van der Waals surface area contributed by atoms with Gasteiger partial charge in [0, 0.05) is 15.8 Å². The average Bonchev–Trinajstić information content (AvgIpc) is 2.11. The molecule has 1 atom stereocenters. The molecular formula is C10H15NOS. The van der Waals surface area contributed by atoms with Gasteiger partial charge in [0.2, 0.25) is 0 Å². The zero-order valence-corrected chi connectivity index (χ0v) is 8.77. The Morgan fingerprint density at radius 3 is 2.85 bits per heavy atom. The van der Waals surface area contributed by atoms with E-state index in [1.807, 2.05) is 32.0 Å². The number of aliphatic hydroxyl groups excluding tert-OH is 1. The van der Waals surface area contributed by atoms with E-state index < -0.39 is 0 Å². The van der Waals surface area contributed by atoms with Gasteiger partial charge in [-0.25, -0.2) is 0 Å². The number of nitrogens with two attached hydrogens (primary N) is 1. The molecule has 1 aromatic carbocycles. The first-order valence-electron chi connectivity index (χ1n) is 4.27. The molecule has 13 heavy (non-hydrogen) atoms. The number of hydrogen-bond donors (Lipinski definition) is 2. The van der Waals surface area contributed by atoms with Gasteiger partial charge in [0.15, 0.2) is 0 Å². The number of hydrogen-bond acceptors (Lipinski definition) is 3. The number of rotatable bonds is 3. The fourth-order valence-electron chi connectivity index (χ4n) is 0.998. The summed E-state index contributed by atoms with van der Waals surface area (Å²) in [7, 11) is 0. The molecule has 0 amide bonds. The molecule has 0 aromatic heterocycles. The highest BCUT2D eigenvalue weighted by Gasteiger charge is 2.05. The van der Waals surface area contributed by atoms with E-state index in [-0.39, 0.29) is 11.9 Å². The highest BCUT2D eigenvalue weighted by atomic mass is 32.2. The van der Waals surface area contributed by atoms with Gasteiger partial charge < -0.3 is 10.8 Å². The molecule has 0 heterocycles. The summed E-state index contributed by atoms with van der Waals surface area (Å²) < 4.78 is 0. The third-order valence-electron chi connectivity index (χ3n) is 1.80. The summed E-state index contributed by atoms with van der Waals surface area (Å²) in [6, 6.07) is 5.84. The summed E-state index contributed by atoms with van der Waals surface area (Å²) in [5.41, 5.74) is 7.65. The van der Waals surface area contributed by atoms with Crippen LogP contribution in [0.25, 0.3) is 0 Å². The Hall–Kier alpha value is -0.670. The minimum Gasteiger partial charge on any atom is -0.399 e. The molecule has 0 bridgehead atoms. The van der Waals surface area contributed by atoms with Crippen molar-refractivity contribution in [2.75, 3.05) is 12.3 Å². The SMILES string of the molecule is Cc1ccc(N)cc1SC(C)CO. The lowest BCUT2D eigenvalue weighted by molar-refractivity contribution is 0.300. The number of aryl methyl sites for hydroxylation is 1. The summed E-state index contributed by atoms with van der Waals surface area (Å²) >= 11 is 1.65. The lowest BCUT2D eigenvalue weighted by Crippen LogP contribution is -2.02. The van der Waals surface area contributed by atoms with Crippen LogP contribution in [0.3, 0.4) is 0 Å². The van der Waals surface area contributed by atoms with Crippen molar-refractivity contribution in [3.05, 3.63) is 23.8 Å². The summed E-state index contributed by atoms with van der Waals surface area (Å²) in [4.78, 5) is 1.15. The van der Waals surface area contributed by atoms with Gasteiger partial charge in [0.05, 0.1) is 6.61 Å². The number of thioether (sulfide) groups is 1. The fourth-order valence-corrected chi connectivity index (χ4v) is 1.96. The quantitative estimate of drug-likeness (QED) is 0.576. The molecule has 0 radical (unpaired) electrons. The zero-order valence-electron chi connectivity index (χ0n) is 7.95. The van der Waals surface area contributed by atoms with Gasteiger partial charge in [-0.1, -0.05) is 13.0 Å². The van der Waals surface area contributed by atoms with Crippen LogP contribution in [0, 0.1) is 6.92 Å². The maximum absolute atomic E-state index is 8.90. The summed E-state index contributed by atoms with van der Waals surface area (Å²) in [5, 5.41) is 9.13. The van der Waals surface area contributed by atoms with Crippen LogP contribution in [0.4, 0.5) is 5.69 Å². The molecular weight excluding hydrogens is 182 g/mol. The highest BCUT2D eigenvalue weighted by molar-refractivity contribution is 8.00. The van der Waals surface area contributed by atoms with Crippen molar-refractivity contribution in [2.24, 2.45) is 0 Å². The maximum atomic E-state index is 8.90. The highest BCUT2D eigenvalue weighted by Crippen LogP contribution is 2.27. The first kappa shape index (κ1) is 10.4. The first-order valence-corrected chi connectivity index (χ1v) is 5.15. The Kier molecular flexibility index (Phi) is 3.63. The van der Waals surface area contributed by atoms with Crippen LogP contribution in [-0.2, 0) is 0 Å². The van der Waals surface area contributed by atoms with Gasteiger partial charge in [0.25, 0.3) is 0 Å². The van der Waals surface area contributed by atoms with Crippen LogP contribution >= 0.6 is 11.8 Å². The molecule has 1 unspecified atom stereocenters. The van der Waals surface area contributed by atoms with Gasteiger partial charge in [-0.3, -0.25) is 0 Å². The van der Waals surface area contributed by atoms with Crippen LogP contribution in [0.15, 0.2) is 23.1 Å². The normalized spacial score (nSPS) is 12.8. The molecule has 0 aliphatic carbocycles. The molecule has 3 N–H and O–H groups in total. The lowest BCUT2D eigenvalue weighted by atomic mass is 10.2. The van der Waals surface area contributed by atoms with Crippen molar-refractivity contribution in [3.63, 3.8) is 0 Å². The number of anilines is 1. The summed E-state index contributed by atoms with van der Waals surface area (Å²) in [5.74, 6) is 0. The molecule has 0 aliphatic heterocycles. The van der Waals surface area contributed by atoms with Crippen LogP contribution in [0.2, 0.25) is 0 Å². The zero-order chi connectivity index (χ0) is 9.84. The molecule has 3 heteroatoms.